The van der Waals surface area contributed by atoms with Crippen molar-refractivity contribution in [3.8, 4) is 28.6 Å². The summed E-state index contributed by atoms with van der Waals surface area (Å²) in [6.07, 6.45) is 5.11. The van der Waals surface area contributed by atoms with Crippen LogP contribution >= 0.6 is 11.8 Å². The number of hydrazone groups is 1. The van der Waals surface area contributed by atoms with Gasteiger partial charge in [0.15, 0.2) is 11.0 Å². The number of aromatic nitrogens is 3. The largest absolute Gasteiger partial charge is 0.497 e. The molecule has 1 heterocycles. The van der Waals surface area contributed by atoms with Gasteiger partial charge in [0.2, 0.25) is 0 Å². The molecule has 0 saturated carbocycles. The summed E-state index contributed by atoms with van der Waals surface area (Å²) in [7, 11) is 3.25. The minimum Gasteiger partial charge on any atom is -0.497 e. The Morgan fingerprint density at radius 1 is 1.00 bits per heavy atom. The van der Waals surface area contributed by atoms with E-state index in [0.29, 0.717) is 11.0 Å². The van der Waals surface area contributed by atoms with Crippen LogP contribution in [0.15, 0.2) is 89.1 Å². The van der Waals surface area contributed by atoms with Gasteiger partial charge in [-0.05, 0) is 61.5 Å². The quantitative estimate of drug-likeness (QED) is 0.179. The molecule has 1 amide bonds. The average molecular weight is 514 g/mol. The molecule has 0 aliphatic heterocycles. The lowest BCUT2D eigenvalue weighted by molar-refractivity contribution is -0.118. The number of ether oxygens (including phenoxy) is 2. The third-order valence-electron chi connectivity index (χ3n) is 5.37. The molecule has 8 nitrogen and oxygen atoms in total. The Morgan fingerprint density at radius 2 is 1.76 bits per heavy atom. The number of carbonyl (C=O) groups excluding carboxylic acids is 1. The number of nitrogens with zero attached hydrogens (tertiary/aromatic N) is 4. The molecule has 9 heteroatoms. The summed E-state index contributed by atoms with van der Waals surface area (Å²) >= 11 is 1.29. The first-order valence-corrected chi connectivity index (χ1v) is 12.5. The van der Waals surface area contributed by atoms with Crippen LogP contribution in [0.25, 0.3) is 23.2 Å². The molecule has 0 aliphatic carbocycles. The Balaban J connectivity index is 1.44. The van der Waals surface area contributed by atoms with E-state index in [4.69, 9.17) is 9.47 Å². The number of methoxy groups -OCH3 is 2. The number of para-hydroxylation sites is 1. The maximum atomic E-state index is 12.4. The lowest BCUT2D eigenvalue weighted by Gasteiger charge is -2.11. The number of nitrogens with one attached hydrogen (secondary N) is 1. The lowest BCUT2D eigenvalue weighted by Crippen LogP contribution is -2.19. The van der Waals surface area contributed by atoms with Crippen molar-refractivity contribution in [1.82, 2.24) is 20.2 Å². The number of hydrogen-bond acceptors (Lipinski definition) is 7. The predicted octanol–water partition coefficient (Wildman–Crippen LogP) is 5.17. The Hall–Kier alpha value is -4.37. The number of benzene rings is 3. The normalized spacial score (nSPS) is 11.2. The van der Waals surface area contributed by atoms with Gasteiger partial charge in [0.1, 0.15) is 11.5 Å². The minimum atomic E-state index is -0.253. The highest BCUT2D eigenvalue weighted by Gasteiger charge is 2.17. The Labute approximate surface area is 220 Å². The lowest BCUT2D eigenvalue weighted by atomic mass is 10.2. The highest BCUT2D eigenvalue weighted by molar-refractivity contribution is 7.99. The first-order chi connectivity index (χ1) is 18.1. The zero-order valence-corrected chi connectivity index (χ0v) is 21.6. The number of amides is 1. The first-order valence-electron chi connectivity index (χ1n) is 11.5. The number of carbonyl (C=O) groups is 1. The average Bonchev–Trinajstić information content (AvgIpc) is 3.36. The smallest absolute Gasteiger partial charge is 0.250 e. The molecule has 0 bridgehead atoms. The van der Waals surface area contributed by atoms with Crippen molar-refractivity contribution in [2.75, 3.05) is 20.0 Å². The second-order valence-corrected chi connectivity index (χ2v) is 8.85. The van der Waals surface area contributed by atoms with Crippen LogP contribution in [0.3, 0.4) is 0 Å². The maximum absolute atomic E-state index is 12.4. The van der Waals surface area contributed by atoms with Gasteiger partial charge in [-0.2, -0.15) is 5.10 Å². The second-order valence-electron chi connectivity index (χ2n) is 7.91. The molecule has 0 aliphatic rings. The monoisotopic (exact) mass is 513 g/mol. The molecule has 37 heavy (non-hydrogen) atoms. The molecule has 4 rings (SSSR count). The number of rotatable bonds is 10. The van der Waals surface area contributed by atoms with Gasteiger partial charge >= 0.3 is 0 Å². The summed E-state index contributed by atoms with van der Waals surface area (Å²) in [6, 6.07) is 23.3. The molecule has 3 aromatic carbocycles. The van der Waals surface area contributed by atoms with Crippen LogP contribution < -0.4 is 14.9 Å². The van der Waals surface area contributed by atoms with Crippen molar-refractivity contribution >= 4 is 30.0 Å². The number of thioether (sulfide) groups is 1. The highest BCUT2D eigenvalue weighted by Crippen LogP contribution is 2.29. The van der Waals surface area contributed by atoms with E-state index >= 15 is 0 Å². The molecule has 0 fully saturated rings. The van der Waals surface area contributed by atoms with E-state index < -0.39 is 0 Å². The molecule has 188 valence electrons. The Kier molecular flexibility index (Phi) is 8.72. The standard InChI is InChI=1S/C28H27N5O3S/c1-20-10-14-23(15-11-20)33-27(22-12-16-24(35-2)17-13-22)31-32-28(33)37-19-26(34)30-29-18-6-8-21-7-4-5-9-25(21)36-3/h4-18H,19H2,1-3H3,(H,30,34)/b8-6+,29-18-. The van der Waals surface area contributed by atoms with Crippen molar-refractivity contribution < 1.29 is 14.3 Å². The summed E-state index contributed by atoms with van der Waals surface area (Å²) in [4.78, 5) is 12.4. The summed E-state index contributed by atoms with van der Waals surface area (Å²) in [5, 5.41) is 13.4. The van der Waals surface area contributed by atoms with Gasteiger partial charge in [-0.3, -0.25) is 9.36 Å². The van der Waals surface area contributed by atoms with Crippen molar-refractivity contribution in [3.05, 3.63) is 90.0 Å². The summed E-state index contributed by atoms with van der Waals surface area (Å²) in [5.74, 6) is 2.07. The highest BCUT2D eigenvalue weighted by atomic mass is 32.2. The third kappa shape index (κ3) is 6.65. The van der Waals surface area contributed by atoms with Gasteiger partial charge in [0.25, 0.3) is 5.91 Å². The fourth-order valence-electron chi connectivity index (χ4n) is 3.48. The third-order valence-corrected chi connectivity index (χ3v) is 6.30. The zero-order valence-electron chi connectivity index (χ0n) is 20.8. The van der Waals surface area contributed by atoms with Gasteiger partial charge in [0.05, 0.1) is 20.0 Å². The van der Waals surface area contributed by atoms with Gasteiger partial charge in [-0.1, -0.05) is 47.7 Å². The van der Waals surface area contributed by atoms with E-state index in [0.717, 1.165) is 33.9 Å². The maximum Gasteiger partial charge on any atom is 0.250 e. The van der Waals surface area contributed by atoms with Crippen molar-refractivity contribution in [1.29, 1.82) is 0 Å². The van der Waals surface area contributed by atoms with E-state index in [1.165, 1.54) is 18.0 Å². The Bertz CT molecular complexity index is 1400. The molecule has 1 N–H and O–H groups in total. The topological polar surface area (TPSA) is 90.6 Å². The molecule has 0 atom stereocenters. The molecule has 0 spiro atoms. The van der Waals surface area contributed by atoms with Crippen molar-refractivity contribution in [3.63, 3.8) is 0 Å². The summed E-state index contributed by atoms with van der Waals surface area (Å²) in [6.45, 7) is 2.03. The molecule has 0 radical (unpaired) electrons. The van der Waals surface area contributed by atoms with Crippen LogP contribution in [0, 0.1) is 6.92 Å². The van der Waals surface area contributed by atoms with Gasteiger partial charge in [0, 0.05) is 23.0 Å². The minimum absolute atomic E-state index is 0.125. The van der Waals surface area contributed by atoms with Crippen LogP contribution in [0.4, 0.5) is 0 Å². The van der Waals surface area contributed by atoms with Crippen molar-refractivity contribution in [2.24, 2.45) is 5.10 Å². The number of hydrogen-bond donors (Lipinski definition) is 1. The fraction of sp³-hybridized carbons (Fsp3) is 0.143. The molecule has 0 saturated heterocycles. The van der Waals surface area contributed by atoms with Crippen LogP contribution in [0.5, 0.6) is 11.5 Å². The van der Waals surface area contributed by atoms with Gasteiger partial charge in [-0.25, -0.2) is 5.43 Å². The summed E-state index contributed by atoms with van der Waals surface area (Å²) in [5.41, 5.74) is 6.40. The van der Waals surface area contributed by atoms with E-state index in [9.17, 15) is 4.79 Å². The molecule has 4 aromatic rings. The summed E-state index contributed by atoms with van der Waals surface area (Å²) < 4.78 is 12.5. The molecule has 0 unspecified atom stereocenters. The van der Waals surface area contributed by atoms with Crippen LogP contribution in [0.1, 0.15) is 11.1 Å². The van der Waals surface area contributed by atoms with E-state index in [-0.39, 0.29) is 11.7 Å². The van der Waals surface area contributed by atoms with Gasteiger partial charge in [-0.15, -0.1) is 10.2 Å². The molecular formula is C28H27N5O3S. The molecular weight excluding hydrogens is 486 g/mol. The number of aryl methyl sites for hydroxylation is 1. The van der Waals surface area contributed by atoms with Crippen molar-refractivity contribution in [2.45, 2.75) is 12.1 Å². The van der Waals surface area contributed by atoms with Crippen LogP contribution in [-0.4, -0.2) is 46.9 Å². The first kappa shape index (κ1) is 25.7. The second kappa shape index (κ2) is 12.5. The van der Waals surface area contributed by atoms with E-state index in [1.807, 2.05) is 90.4 Å². The van der Waals surface area contributed by atoms with Gasteiger partial charge < -0.3 is 9.47 Å². The zero-order chi connectivity index (χ0) is 26.0. The number of allylic oxidation sites excluding steroid dienone is 1. The fourth-order valence-corrected chi connectivity index (χ4v) is 4.23. The van der Waals surface area contributed by atoms with Crippen LogP contribution in [-0.2, 0) is 4.79 Å². The predicted molar refractivity (Wildman–Crippen MR) is 147 cm³/mol. The van der Waals surface area contributed by atoms with E-state index in [1.54, 1.807) is 20.3 Å². The SMILES string of the molecule is COc1ccc(-c2nnc(SCC(=O)N/N=C\C=C\c3ccccc3OC)n2-c2ccc(C)cc2)cc1. The Morgan fingerprint density at radius 3 is 2.49 bits per heavy atom. The van der Waals surface area contributed by atoms with E-state index in [2.05, 4.69) is 20.7 Å². The molecule has 1 aromatic heterocycles. The van der Waals surface area contributed by atoms with Crippen LogP contribution in [0.2, 0.25) is 0 Å².